The Labute approximate surface area is 284 Å². The highest BCUT2D eigenvalue weighted by Gasteiger charge is 2.30. The number of aryl methyl sites for hydroxylation is 1. The van der Waals surface area contributed by atoms with Crippen LogP contribution in [0.1, 0.15) is 69.9 Å². The summed E-state index contributed by atoms with van der Waals surface area (Å²) in [4.78, 5) is 31.3. The molecule has 0 radical (unpaired) electrons. The number of nitrogens with zero attached hydrogens (tertiary/aromatic N) is 2. The number of ether oxygens (including phenoxy) is 2. The molecule has 0 saturated carbocycles. The Morgan fingerprint density at radius 1 is 1.15 bits per heavy atom. The average Bonchev–Trinajstić information content (AvgIpc) is 3.39. The number of methoxy groups -OCH3 is 1. The quantitative estimate of drug-likeness (QED) is 0.177. The van der Waals surface area contributed by atoms with Gasteiger partial charge in [0, 0.05) is 41.7 Å². The third-order valence-electron chi connectivity index (χ3n) is 9.58. The molecule has 0 saturated heterocycles. The van der Waals surface area contributed by atoms with Gasteiger partial charge in [-0.1, -0.05) is 50.8 Å². The summed E-state index contributed by atoms with van der Waals surface area (Å²) in [7, 11) is 3.47. The highest BCUT2D eigenvalue weighted by Crippen LogP contribution is 2.41. The lowest BCUT2D eigenvalue weighted by molar-refractivity contribution is -0.149. The molecule has 48 heavy (non-hydrogen) atoms. The summed E-state index contributed by atoms with van der Waals surface area (Å²) in [5.41, 5.74) is 15.0. The van der Waals surface area contributed by atoms with Gasteiger partial charge in [-0.2, -0.15) is 0 Å². The smallest absolute Gasteiger partial charge is 0.323 e. The zero-order valence-electron chi connectivity index (χ0n) is 29.3. The lowest BCUT2D eigenvalue weighted by Gasteiger charge is -2.27. The first-order chi connectivity index (χ1) is 23.0. The first-order valence-electron chi connectivity index (χ1n) is 17.0. The second kappa shape index (κ2) is 15.0. The van der Waals surface area contributed by atoms with E-state index in [4.69, 9.17) is 20.2 Å². The van der Waals surface area contributed by atoms with Crippen LogP contribution in [0.5, 0.6) is 0 Å². The van der Waals surface area contributed by atoms with Crippen LogP contribution in [0.4, 0.5) is 0 Å². The molecule has 2 aromatic carbocycles. The second-order valence-electron chi connectivity index (χ2n) is 13.8. The molecule has 1 aliphatic rings. The van der Waals surface area contributed by atoms with Crippen molar-refractivity contribution >= 4 is 22.7 Å². The van der Waals surface area contributed by atoms with E-state index < -0.39 is 17.5 Å². The van der Waals surface area contributed by atoms with Gasteiger partial charge >= 0.3 is 5.97 Å². The maximum Gasteiger partial charge on any atom is 0.323 e. The second-order valence-corrected chi connectivity index (χ2v) is 13.8. The van der Waals surface area contributed by atoms with Crippen molar-refractivity contribution < 1.29 is 19.1 Å². The van der Waals surface area contributed by atoms with Crippen LogP contribution in [0.3, 0.4) is 0 Å². The number of Topliss-reactive ketones (excluding diaryl/α,β-unsaturated/α-hetero) is 1. The molecule has 4 aromatic rings. The SMILES string of the molecule is C=C1CCC[C@H](NC)C(=O)OCC(C)(C)Cc2c(-c3cccnc3[C@H](C)OC)n(CC)c3ccc(cc23)-c2cccc(c2)C[C@H](N)C1=O. The predicted octanol–water partition coefficient (Wildman–Crippen LogP) is 6.98. The Bertz CT molecular complexity index is 1810. The van der Waals surface area contributed by atoms with Crippen LogP contribution in [0.15, 0.2) is 72.9 Å². The fourth-order valence-electron chi connectivity index (χ4n) is 6.88. The van der Waals surface area contributed by atoms with Gasteiger partial charge in [0.25, 0.3) is 0 Å². The van der Waals surface area contributed by atoms with Gasteiger partial charge < -0.3 is 25.1 Å². The normalized spacial score (nSPS) is 20.1. The highest BCUT2D eigenvalue weighted by atomic mass is 16.5. The van der Waals surface area contributed by atoms with Crippen molar-refractivity contribution in [3.8, 4) is 22.4 Å². The number of hydrogen-bond donors (Lipinski definition) is 2. The van der Waals surface area contributed by atoms with E-state index in [9.17, 15) is 9.59 Å². The van der Waals surface area contributed by atoms with E-state index in [2.05, 4.69) is 73.6 Å². The van der Waals surface area contributed by atoms with Crippen LogP contribution in [0.2, 0.25) is 0 Å². The summed E-state index contributed by atoms with van der Waals surface area (Å²) in [5.74, 6) is -0.439. The third-order valence-corrected chi connectivity index (χ3v) is 9.58. The Morgan fingerprint density at radius 2 is 1.92 bits per heavy atom. The minimum Gasteiger partial charge on any atom is -0.464 e. The minimum atomic E-state index is -0.691. The van der Waals surface area contributed by atoms with Crippen LogP contribution >= 0.6 is 0 Å². The maximum absolute atomic E-state index is 13.3. The van der Waals surface area contributed by atoms with E-state index in [1.54, 1.807) is 14.2 Å². The Balaban J connectivity index is 1.71. The van der Waals surface area contributed by atoms with Crippen LogP contribution in [-0.2, 0) is 38.4 Å². The van der Waals surface area contributed by atoms with Crippen molar-refractivity contribution in [3.05, 3.63) is 89.8 Å². The number of aromatic nitrogens is 2. The molecule has 0 amide bonds. The molecule has 3 heterocycles. The van der Waals surface area contributed by atoms with Gasteiger partial charge in [-0.15, -0.1) is 0 Å². The molecular weight excluding hydrogens is 600 g/mol. The van der Waals surface area contributed by atoms with Crippen LogP contribution in [-0.4, -0.2) is 54.2 Å². The number of carbonyl (C=O) groups is 2. The Kier molecular flexibility index (Phi) is 11.0. The lowest BCUT2D eigenvalue weighted by Crippen LogP contribution is -2.38. The number of nitrogens with two attached hydrogens (primary N) is 1. The van der Waals surface area contributed by atoms with Gasteiger partial charge in [-0.05, 0) is 105 Å². The number of cyclic esters (lactones) is 1. The van der Waals surface area contributed by atoms with Crippen LogP contribution in [0.25, 0.3) is 33.3 Å². The first-order valence-corrected chi connectivity index (χ1v) is 17.0. The summed E-state index contributed by atoms with van der Waals surface area (Å²) in [6.07, 6.45) is 4.30. The number of likely N-dealkylation sites (N-methyl/N-ethyl adjacent to an activating group) is 1. The van der Waals surface area contributed by atoms with E-state index in [0.29, 0.717) is 37.7 Å². The summed E-state index contributed by atoms with van der Waals surface area (Å²) in [6, 6.07) is 17.8. The summed E-state index contributed by atoms with van der Waals surface area (Å²) in [5, 5.41) is 4.24. The molecule has 0 fully saturated rings. The van der Waals surface area contributed by atoms with Crippen LogP contribution in [0, 0.1) is 5.41 Å². The molecule has 2 aromatic heterocycles. The number of pyridine rings is 1. The standard InChI is InChI=1S/C40H50N4O4/c1-8-44-35-18-17-29-22-31(35)32(37(44)30-15-11-19-43-36(30)26(3)47-7)23-40(4,5)24-48-39(46)34(42-6)16-9-12-25(2)38(45)33(41)21-27-13-10-14-28(29)20-27/h10-11,13-15,17-20,22,26,33-34,42H,2,8-9,12,16,21,23-24,41H2,1,3-7H3/t26-,33-,34-/m0/s1. The first kappa shape index (κ1) is 35.2. The van der Waals surface area contributed by atoms with Crippen molar-refractivity contribution in [2.75, 3.05) is 20.8 Å². The molecular formula is C40H50N4O4. The number of hydrogen-bond acceptors (Lipinski definition) is 7. The molecule has 8 nitrogen and oxygen atoms in total. The lowest BCUT2D eigenvalue weighted by atomic mass is 9.84. The van der Waals surface area contributed by atoms with Crippen molar-refractivity contribution in [1.82, 2.24) is 14.9 Å². The van der Waals surface area contributed by atoms with Crippen molar-refractivity contribution in [3.63, 3.8) is 0 Å². The molecule has 5 rings (SSSR count). The van der Waals surface area contributed by atoms with E-state index in [0.717, 1.165) is 51.1 Å². The monoisotopic (exact) mass is 650 g/mol. The molecule has 0 spiro atoms. The largest absolute Gasteiger partial charge is 0.464 e. The number of benzene rings is 2. The van der Waals surface area contributed by atoms with E-state index in [1.165, 1.54) is 5.56 Å². The van der Waals surface area contributed by atoms with Gasteiger partial charge in [0.1, 0.15) is 6.04 Å². The van der Waals surface area contributed by atoms with Crippen molar-refractivity contribution in [2.45, 2.75) is 84.5 Å². The molecule has 254 valence electrons. The topological polar surface area (TPSA) is 108 Å². The zero-order chi connectivity index (χ0) is 34.6. The summed E-state index contributed by atoms with van der Waals surface area (Å²) in [6.45, 7) is 13.5. The molecule has 3 atom stereocenters. The van der Waals surface area contributed by atoms with E-state index >= 15 is 0 Å². The number of ketones is 1. The van der Waals surface area contributed by atoms with Gasteiger partial charge in [0.15, 0.2) is 5.78 Å². The number of esters is 1. The van der Waals surface area contributed by atoms with E-state index in [1.807, 2.05) is 31.3 Å². The predicted molar refractivity (Wildman–Crippen MR) is 193 cm³/mol. The maximum atomic E-state index is 13.3. The number of nitrogens with one attached hydrogen (secondary N) is 1. The third kappa shape index (κ3) is 7.46. The number of carbonyl (C=O) groups excluding carboxylic acids is 2. The Morgan fingerprint density at radius 3 is 2.65 bits per heavy atom. The molecule has 8 heteroatoms. The van der Waals surface area contributed by atoms with Crippen molar-refractivity contribution in [1.29, 1.82) is 0 Å². The zero-order valence-corrected chi connectivity index (χ0v) is 29.3. The summed E-state index contributed by atoms with van der Waals surface area (Å²) < 4.78 is 14.1. The molecule has 3 N–H and O–H groups in total. The summed E-state index contributed by atoms with van der Waals surface area (Å²) >= 11 is 0. The number of fused-ring (bicyclic) bond motifs is 4. The van der Waals surface area contributed by atoms with Crippen molar-refractivity contribution in [2.24, 2.45) is 11.1 Å². The van der Waals surface area contributed by atoms with Gasteiger partial charge in [0.05, 0.1) is 30.1 Å². The molecule has 4 bridgehead atoms. The van der Waals surface area contributed by atoms with Crippen LogP contribution < -0.4 is 11.1 Å². The van der Waals surface area contributed by atoms with Gasteiger partial charge in [-0.25, -0.2) is 0 Å². The fraction of sp³-hybridized carbons (Fsp3) is 0.425. The fourth-order valence-corrected chi connectivity index (χ4v) is 6.88. The van der Waals surface area contributed by atoms with E-state index in [-0.39, 0.29) is 24.5 Å². The Hall–Kier alpha value is -4.11. The van der Waals surface area contributed by atoms with Gasteiger partial charge in [-0.3, -0.25) is 14.6 Å². The van der Waals surface area contributed by atoms with Gasteiger partial charge in [0.2, 0.25) is 0 Å². The average molecular weight is 651 g/mol. The molecule has 0 aliphatic carbocycles. The molecule has 0 unspecified atom stereocenters. The molecule has 1 aliphatic heterocycles. The highest BCUT2D eigenvalue weighted by molar-refractivity contribution is 5.99. The minimum absolute atomic E-state index is 0.141. The number of rotatable bonds is 5.